The van der Waals surface area contributed by atoms with Crippen molar-refractivity contribution in [2.45, 2.75) is 18.9 Å². The molecule has 2 aromatic rings. The molecule has 0 saturated carbocycles. The van der Waals surface area contributed by atoms with Crippen LogP contribution in [0.25, 0.3) is 0 Å². The number of halogens is 2. The van der Waals surface area contributed by atoms with Crippen molar-refractivity contribution in [2.75, 3.05) is 39.4 Å². The molecule has 1 aliphatic rings. The molecular weight excluding hydrogens is 404 g/mol. The molecule has 8 heteroatoms. The van der Waals surface area contributed by atoms with E-state index in [9.17, 15) is 18.4 Å². The van der Waals surface area contributed by atoms with E-state index in [-0.39, 0.29) is 30.1 Å². The van der Waals surface area contributed by atoms with E-state index in [4.69, 9.17) is 4.74 Å². The molecule has 1 atom stereocenters. The second-order valence-electron chi connectivity index (χ2n) is 7.39. The summed E-state index contributed by atoms with van der Waals surface area (Å²) in [5, 5.41) is 5.67. The molecule has 2 aromatic carbocycles. The third-order valence-electron chi connectivity index (χ3n) is 5.21. The maximum Gasteiger partial charge on any atom is 0.251 e. The van der Waals surface area contributed by atoms with Crippen LogP contribution < -0.4 is 10.6 Å². The molecule has 0 aromatic heterocycles. The normalized spacial score (nSPS) is 15.3. The van der Waals surface area contributed by atoms with Crippen molar-refractivity contribution >= 4 is 11.8 Å². The first-order chi connectivity index (χ1) is 15.0. The molecule has 0 aliphatic carbocycles. The van der Waals surface area contributed by atoms with Gasteiger partial charge < -0.3 is 15.4 Å². The molecule has 3 rings (SSSR count). The molecule has 1 unspecified atom stereocenters. The van der Waals surface area contributed by atoms with Crippen molar-refractivity contribution < 1.29 is 23.1 Å². The van der Waals surface area contributed by atoms with Crippen molar-refractivity contribution in [1.82, 2.24) is 15.5 Å². The first kappa shape index (κ1) is 22.8. The number of benzene rings is 2. The van der Waals surface area contributed by atoms with Crippen molar-refractivity contribution in [3.05, 3.63) is 71.3 Å². The lowest BCUT2D eigenvalue weighted by atomic mass is 10.0. The predicted molar refractivity (Wildman–Crippen MR) is 113 cm³/mol. The Morgan fingerprint density at radius 2 is 1.55 bits per heavy atom. The standard InChI is InChI=1S/C23H27F2N3O3/c24-19-7-3-17(4-8-19)21(28-12-14-31-15-13-28)16-27-22(29)2-1-11-26-23(30)18-5-9-20(25)10-6-18/h3-10,21H,1-2,11-16H2,(H,26,30)(H,27,29). The Balaban J connectivity index is 1.44. The Morgan fingerprint density at radius 3 is 2.19 bits per heavy atom. The molecule has 2 N–H and O–H groups in total. The van der Waals surface area contributed by atoms with Crippen LogP contribution in [-0.2, 0) is 9.53 Å². The molecule has 1 saturated heterocycles. The zero-order valence-electron chi connectivity index (χ0n) is 17.3. The highest BCUT2D eigenvalue weighted by atomic mass is 19.1. The molecule has 0 radical (unpaired) electrons. The quantitative estimate of drug-likeness (QED) is 0.599. The van der Waals surface area contributed by atoms with E-state index in [1.807, 2.05) is 0 Å². The number of amides is 2. The maximum atomic E-state index is 13.3. The molecule has 2 amide bonds. The molecule has 1 heterocycles. The van der Waals surface area contributed by atoms with Crippen LogP contribution >= 0.6 is 0 Å². The summed E-state index contributed by atoms with van der Waals surface area (Å²) in [6.45, 7) is 3.49. The van der Waals surface area contributed by atoms with Gasteiger partial charge in [-0.25, -0.2) is 8.78 Å². The highest BCUT2D eigenvalue weighted by Crippen LogP contribution is 2.21. The summed E-state index contributed by atoms with van der Waals surface area (Å²) in [4.78, 5) is 26.5. The van der Waals surface area contributed by atoms with Gasteiger partial charge in [0.2, 0.25) is 5.91 Å². The first-order valence-electron chi connectivity index (χ1n) is 10.4. The van der Waals surface area contributed by atoms with Crippen LogP contribution in [0.1, 0.15) is 34.8 Å². The minimum Gasteiger partial charge on any atom is -0.379 e. The Morgan fingerprint density at radius 1 is 0.935 bits per heavy atom. The monoisotopic (exact) mass is 431 g/mol. The van der Waals surface area contributed by atoms with E-state index < -0.39 is 5.82 Å². The number of ether oxygens (including phenoxy) is 1. The fraction of sp³-hybridized carbons (Fsp3) is 0.391. The predicted octanol–water partition coefficient (Wildman–Crippen LogP) is 2.66. The number of carbonyl (C=O) groups is 2. The highest BCUT2D eigenvalue weighted by Gasteiger charge is 2.23. The van der Waals surface area contributed by atoms with E-state index >= 15 is 0 Å². The van der Waals surface area contributed by atoms with Gasteiger partial charge in [-0.1, -0.05) is 12.1 Å². The average Bonchev–Trinajstić information content (AvgIpc) is 2.79. The van der Waals surface area contributed by atoms with Crippen molar-refractivity contribution in [3.63, 3.8) is 0 Å². The summed E-state index contributed by atoms with van der Waals surface area (Å²) in [5.74, 6) is -1.11. The summed E-state index contributed by atoms with van der Waals surface area (Å²) in [5.41, 5.74) is 1.31. The lowest BCUT2D eigenvalue weighted by Gasteiger charge is -2.35. The fourth-order valence-corrected chi connectivity index (χ4v) is 3.48. The van der Waals surface area contributed by atoms with Crippen molar-refractivity contribution in [3.8, 4) is 0 Å². The van der Waals surface area contributed by atoms with Gasteiger partial charge in [0.05, 0.1) is 19.3 Å². The van der Waals surface area contributed by atoms with E-state index in [0.717, 1.165) is 18.7 Å². The molecule has 0 spiro atoms. The zero-order chi connectivity index (χ0) is 22.1. The molecule has 0 bridgehead atoms. The number of nitrogens with zero attached hydrogens (tertiary/aromatic N) is 1. The number of rotatable bonds is 9. The van der Waals surface area contributed by atoms with Crippen LogP contribution in [0, 0.1) is 11.6 Å². The van der Waals surface area contributed by atoms with E-state index in [2.05, 4.69) is 15.5 Å². The number of morpholine rings is 1. The van der Waals surface area contributed by atoms with Gasteiger partial charge in [-0.05, 0) is 48.4 Å². The van der Waals surface area contributed by atoms with Gasteiger partial charge >= 0.3 is 0 Å². The largest absolute Gasteiger partial charge is 0.379 e. The number of hydrogen-bond donors (Lipinski definition) is 2. The molecule has 6 nitrogen and oxygen atoms in total. The van der Waals surface area contributed by atoms with Crippen LogP contribution in [0.2, 0.25) is 0 Å². The minimum absolute atomic E-state index is 0.0633. The van der Waals surface area contributed by atoms with Gasteiger partial charge in [0.1, 0.15) is 11.6 Å². The van der Waals surface area contributed by atoms with Gasteiger partial charge in [-0.3, -0.25) is 14.5 Å². The number of hydrogen-bond acceptors (Lipinski definition) is 4. The van der Waals surface area contributed by atoms with Gasteiger partial charge in [0.25, 0.3) is 5.91 Å². The smallest absolute Gasteiger partial charge is 0.251 e. The lowest BCUT2D eigenvalue weighted by molar-refractivity contribution is -0.121. The second kappa shape index (κ2) is 11.5. The van der Waals surface area contributed by atoms with Crippen molar-refractivity contribution in [2.24, 2.45) is 0 Å². The van der Waals surface area contributed by atoms with Gasteiger partial charge in [0, 0.05) is 38.2 Å². The van der Waals surface area contributed by atoms with Gasteiger partial charge in [-0.2, -0.15) is 0 Å². The Labute approximate surface area is 180 Å². The third-order valence-corrected chi connectivity index (χ3v) is 5.21. The lowest BCUT2D eigenvalue weighted by Crippen LogP contribution is -2.43. The van der Waals surface area contributed by atoms with Gasteiger partial charge in [-0.15, -0.1) is 0 Å². The molecule has 1 aliphatic heterocycles. The van der Waals surface area contributed by atoms with Crippen LogP contribution in [0.3, 0.4) is 0 Å². The van der Waals surface area contributed by atoms with E-state index in [0.29, 0.717) is 38.3 Å². The SMILES string of the molecule is O=C(CCCNC(=O)c1ccc(F)cc1)NCC(c1ccc(F)cc1)N1CCOCC1. The van der Waals surface area contributed by atoms with Crippen LogP contribution in [-0.4, -0.2) is 56.1 Å². The maximum absolute atomic E-state index is 13.3. The van der Waals surface area contributed by atoms with Crippen LogP contribution in [0.15, 0.2) is 48.5 Å². The topological polar surface area (TPSA) is 70.7 Å². The summed E-state index contributed by atoms with van der Waals surface area (Å²) < 4.78 is 31.6. The molecule has 166 valence electrons. The van der Waals surface area contributed by atoms with Crippen LogP contribution in [0.5, 0.6) is 0 Å². The fourth-order valence-electron chi connectivity index (χ4n) is 3.48. The highest BCUT2D eigenvalue weighted by molar-refractivity contribution is 5.94. The minimum atomic E-state index is -0.399. The van der Waals surface area contributed by atoms with E-state index in [1.165, 1.54) is 36.4 Å². The molecule has 31 heavy (non-hydrogen) atoms. The summed E-state index contributed by atoms with van der Waals surface area (Å²) in [7, 11) is 0. The Bertz CT molecular complexity index is 853. The van der Waals surface area contributed by atoms with Crippen LogP contribution in [0.4, 0.5) is 8.78 Å². The van der Waals surface area contributed by atoms with Crippen molar-refractivity contribution in [1.29, 1.82) is 0 Å². The molecular formula is C23H27F2N3O3. The van der Waals surface area contributed by atoms with E-state index in [1.54, 1.807) is 12.1 Å². The molecule has 1 fully saturated rings. The first-order valence-corrected chi connectivity index (χ1v) is 10.4. The summed E-state index contributed by atoms with van der Waals surface area (Å²) >= 11 is 0. The van der Waals surface area contributed by atoms with Gasteiger partial charge in [0.15, 0.2) is 0 Å². The Kier molecular flexibility index (Phi) is 8.49. The Hall–Kier alpha value is -2.84. The average molecular weight is 431 g/mol. The number of carbonyl (C=O) groups excluding carboxylic acids is 2. The summed E-state index contributed by atoms with van der Waals surface area (Å²) in [6.07, 6.45) is 0.750. The zero-order valence-corrected chi connectivity index (χ0v) is 17.3. The summed E-state index contributed by atoms with van der Waals surface area (Å²) in [6, 6.07) is 11.6. The third kappa shape index (κ3) is 7.11. The second-order valence-corrected chi connectivity index (χ2v) is 7.39. The number of nitrogens with one attached hydrogen (secondary N) is 2.